The molecule has 106 valence electrons. The molecule has 0 N–H and O–H groups in total. The molecule has 3 rings (SSSR count). The number of nitrogens with zero attached hydrogens (tertiary/aromatic N) is 2. The third-order valence-corrected chi connectivity index (χ3v) is 4.73. The first-order valence-electron chi connectivity index (χ1n) is 6.15. The van der Waals surface area contributed by atoms with Crippen molar-refractivity contribution in [1.82, 2.24) is 4.57 Å². The van der Waals surface area contributed by atoms with E-state index in [0.717, 1.165) is 10.2 Å². The van der Waals surface area contributed by atoms with Crippen LogP contribution in [0.4, 0.5) is 0 Å². The number of rotatable bonds is 1. The van der Waals surface area contributed by atoms with Crippen LogP contribution >= 0.6 is 34.5 Å². The van der Waals surface area contributed by atoms with Gasteiger partial charge in [-0.25, -0.2) is 0 Å². The number of fused-ring (bicyclic) bond motifs is 1. The molecule has 21 heavy (non-hydrogen) atoms. The predicted molar refractivity (Wildman–Crippen MR) is 87.2 cm³/mol. The van der Waals surface area contributed by atoms with Gasteiger partial charge in [-0.2, -0.15) is 4.99 Å². The summed E-state index contributed by atoms with van der Waals surface area (Å²) < 4.78 is 2.85. The van der Waals surface area contributed by atoms with Crippen LogP contribution < -0.4 is 4.80 Å². The predicted octanol–water partition coefficient (Wildman–Crippen LogP) is 4.29. The number of benzene rings is 2. The van der Waals surface area contributed by atoms with Crippen molar-refractivity contribution in [2.24, 2.45) is 12.0 Å². The van der Waals surface area contributed by atoms with Crippen molar-refractivity contribution < 1.29 is 4.79 Å². The van der Waals surface area contributed by atoms with Gasteiger partial charge in [0.15, 0.2) is 4.80 Å². The molecule has 0 radical (unpaired) electrons. The lowest BCUT2D eigenvalue weighted by atomic mass is 10.2. The molecule has 1 heterocycles. The van der Waals surface area contributed by atoms with E-state index < -0.39 is 0 Å². The summed E-state index contributed by atoms with van der Waals surface area (Å²) in [7, 11) is 1.87. The van der Waals surface area contributed by atoms with Crippen LogP contribution in [0, 0.1) is 0 Å². The lowest BCUT2D eigenvalue weighted by Crippen LogP contribution is -2.13. The molecule has 0 aliphatic rings. The Kier molecular flexibility index (Phi) is 3.85. The molecule has 1 amide bonds. The van der Waals surface area contributed by atoms with Crippen LogP contribution in [-0.2, 0) is 7.05 Å². The summed E-state index contributed by atoms with van der Waals surface area (Å²) in [6, 6.07) is 12.5. The summed E-state index contributed by atoms with van der Waals surface area (Å²) in [5.74, 6) is -0.353. The van der Waals surface area contributed by atoms with E-state index in [1.54, 1.807) is 24.3 Å². The van der Waals surface area contributed by atoms with Gasteiger partial charge in [0.05, 0.1) is 20.8 Å². The first-order valence-corrected chi connectivity index (χ1v) is 7.72. The average Bonchev–Trinajstić information content (AvgIpc) is 2.75. The fourth-order valence-corrected chi connectivity index (χ4v) is 3.51. The average molecular weight is 337 g/mol. The highest BCUT2D eigenvalue weighted by Crippen LogP contribution is 2.21. The van der Waals surface area contributed by atoms with Gasteiger partial charge in [-0.1, -0.05) is 46.7 Å². The maximum Gasteiger partial charge on any atom is 0.281 e. The van der Waals surface area contributed by atoms with Crippen LogP contribution in [0.3, 0.4) is 0 Å². The zero-order chi connectivity index (χ0) is 15.0. The second-order valence-electron chi connectivity index (χ2n) is 4.45. The fraction of sp³-hybridized carbons (Fsp3) is 0.0667. The van der Waals surface area contributed by atoms with E-state index in [9.17, 15) is 4.79 Å². The van der Waals surface area contributed by atoms with Crippen molar-refractivity contribution in [2.75, 3.05) is 0 Å². The molecule has 0 unspecified atom stereocenters. The standard InChI is InChI=1S/C15H10Cl2N2OS/c1-19-12-7-6-9(16)8-13(12)21-15(19)18-14(20)10-4-2-3-5-11(10)17/h2-8H,1H3. The van der Waals surface area contributed by atoms with Gasteiger partial charge in [0, 0.05) is 12.1 Å². The van der Waals surface area contributed by atoms with Gasteiger partial charge in [0.1, 0.15) is 0 Å². The van der Waals surface area contributed by atoms with E-state index in [1.807, 2.05) is 29.8 Å². The Bertz CT molecular complexity index is 911. The largest absolute Gasteiger partial charge is 0.319 e. The summed E-state index contributed by atoms with van der Waals surface area (Å²) in [6.45, 7) is 0. The molecule has 0 bridgehead atoms. The van der Waals surface area contributed by atoms with Crippen LogP contribution in [0.15, 0.2) is 47.5 Å². The van der Waals surface area contributed by atoms with E-state index in [4.69, 9.17) is 23.2 Å². The molecule has 0 saturated carbocycles. The van der Waals surface area contributed by atoms with E-state index in [1.165, 1.54) is 11.3 Å². The minimum atomic E-state index is -0.353. The SMILES string of the molecule is Cn1c(=NC(=O)c2ccccc2Cl)sc2cc(Cl)ccc21. The van der Waals surface area contributed by atoms with Crippen molar-refractivity contribution in [2.45, 2.75) is 0 Å². The molecule has 6 heteroatoms. The normalized spacial score (nSPS) is 12.0. The number of amides is 1. The van der Waals surface area contributed by atoms with E-state index >= 15 is 0 Å². The molecule has 0 aliphatic carbocycles. The number of hydrogen-bond donors (Lipinski definition) is 0. The van der Waals surface area contributed by atoms with Crippen molar-refractivity contribution in [1.29, 1.82) is 0 Å². The first-order chi connectivity index (χ1) is 10.1. The number of thiazole rings is 1. The molecule has 0 atom stereocenters. The van der Waals surface area contributed by atoms with Gasteiger partial charge in [0.25, 0.3) is 5.91 Å². The number of halogens is 2. The lowest BCUT2D eigenvalue weighted by molar-refractivity contribution is 0.0998. The number of hydrogen-bond acceptors (Lipinski definition) is 2. The smallest absolute Gasteiger partial charge is 0.281 e. The number of aromatic nitrogens is 1. The van der Waals surface area contributed by atoms with Crippen molar-refractivity contribution in [3.05, 3.63) is 62.9 Å². The van der Waals surface area contributed by atoms with Gasteiger partial charge < -0.3 is 4.57 Å². The van der Waals surface area contributed by atoms with Crippen molar-refractivity contribution >= 4 is 50.7 Å². The van der Waals surface area contributed by atoms with Crippen LogP contribution in [0.25, 0.3) is 10.2 Å². The Morgan fingerprint density at radius 3 is 2.71 bits per heavy atom. The Morgan fingerprint density at radius 1 is 1.19 bits per heavy atom. The molecular formula is C15H10Cl2N2OS. The van der Waals surface area contributed by atoms with Crippen LogP contribution in [0.2, 0.25) is 10.0 Å². The topological polar surface area (TPSA) is 34.4 Å². The molecule has 0 aliphatic heterocycles. The fourth-order valence-electron chi connectivity index (χ4n) is 2.00. The highest BCUT2D eigenvalue weighted by molar-refractivity contribution is 7.16. The first kappa shape index (κ1) is 14.3. The molecule has 2 aromatic carbocycles. The van der Waals surface area contributed by atoms with Crippen molar-refractivity contribution in [3.63, 3.8) is 0 Å². The van der Waals surface area contributed by atoms with Gasteiger partial charge >= 0.3 is 0 Å². The van der Waals surface area contributed by atoms with E-state index in [0.29, 0.717) is 20.4 Å². The number of carbonyl (C=O) groups is 1. The maximum absolute atomic E-state index is 12.2. The molecule has 3 aromatic rings. The van der Waals surface area contributed by atoms with Crippen LogP contribution in [0.1, 0.15) is 10.4 Å². The van der Waals surface area contributed by atoms with Gasteiger partial charge in [-0.15, -0.1) is 0 Å². The van der Waals surface area contributed by atoms with Crippen LogP contribution in [-0.4, -0.2) is 10.5 Å². The summed E-state index contributed by atoms with van der Waals surface area (Å²) in [5.41, 5.74) is 1.38. The highest BCUT2D eigenvalue weighted by Gasteiger charge is 2.10. The maximum atomic E-state index is 12.2. The third kappa shape index (κ3) is 2.75. The summed E-state index contributed by atoms with van der Waals surface area (Å²) in [5, 5.41) is 1.06. The van der Waals surface area contributed by atoms with Gasteiger partial charge in [0.2, 0.25) is 0 Å². The molecule has 3 nitrogen and oxygen atoms in total. The van der Waals surface area contributed by atoms with E-state index in [-0.39, 0.29) is 5.91 Å². The molecule has 1 aromatic heterocycles. The number of aryl methyl sites for hydroxylation is 1. The second kappa shape index (κ2) is 5.64. The van der Waals surface area contributed by atoms with Crippen molar-refractivity contribution in [3.8, 4) is 0 Å². The molecular weight excluding hydrogens is 327 g/mol. The Balaban J connectivity index is 2.14. The van der Waals surface area contributed by atoms with Gasteiger partial charge in [-0.3, -0.25) is 4.79 Å². The second-order valence-corrected chi connectivity index (χ2v) is 6.31. The molecule has 0 saturated heterocycles. The Hall–Kier alpha value is -1.62. The quantitative estimate of drug-likeness (QED) is 0.652. The molecule has 0 spiro atoms. The Morgan fingerprint density at radius 2 is 1.95 bits per heavy atom. The summed E-state index contributed by atoms with van der Waals surface area (Å²) in [4.78, 5) is 17.0. The van der Waals surface area contributed by atoms with Crippen LogP contribution in [0.5, 0.6) is 0 Å². The summed E-state index contributed by atoms with van der Waals surface area (Å²) >= 11 is 13.4. The third-order valence-electron chi connectivity index (χ3n) is 3.07. The molecule has 0 fully saturated rings. The number of carbonyl (C=O) groups excluding carboxylic acids is 1. The lowest BCUT2D eigenvalue weighted by Gasteiger charge is -1.98. The Labute approximate surface area is 135 Å². The zero-order valence-corrected chi connectivity index (χ0v) is 13.3. The minimum absolute atomic E-state index is 0.353. The zero-order valence-electron chi connectivity index (χ0n) is 11.0. The monoisotopic (exact) mass is 336 g/mol. The van der Waals surface area contributed by atoms with E-state index in [2.05, 4.69) is 4.99 Å². The van der Waals surface area contributed by atoms with Gasteiger partial charge in [-0.05, 0) is 30.3 Å². The highest BCUT2D eigenvalue weighted by atomic mass is 35.5. The summed E-state index contributed by atoms with van der Waals surface area (Å²) in [6.07, 6.45) is 0. The minimum Gasteiger partial charge on any atom is -0.319 e.